The summed E-state index contributed by atoms with van der Waals surface area (Å²) in [4.78, 5) is 16.5. The van der Waals surface area contributed by atoms with Gasteiger partial charge in [-0.2, -0.15) is 0 Å². The molecule has 4 nitrogen and oxygen atoms in total. The van der Waals surface area contributed by atoms with Crippen molar-refractivity contribution in [2.24, 2.45) is 0 Å². The van der Waals surface area contributed by atoms with Crippen molar-refractivity contribution in [3.63, 3.8) is 0 Å². The van der Waals surface area contributed by atoms with E-state index < -0.39 is 0 Å². The smallest absolute Gasteiger partial charge is 0.267 e. The molecule has 3 aromatic rings. The van der Waals surface area contributed by atoms with Crippen LogP contribution in [0.4, 0.5) is 5.69 Å². The number of halogens is 1. The minimum Gasteiger partial charge on any atom is -0.399 e. The van der Waals surface area contributed by atoms with Crippen LogP contribution >= 0.6 is 27.3 Å². The van der Waals surface area contributed by atoms with E-state index in [1.54, 1.807) is 11.3 Å². The van der Waals surface area contributed by atoms with E-state index in [1.165, 1.54) is 4.88 Å². The highest BCUT2D eigenvalue weighted by Crippen LogP contribution is 2.22. The van der Waals surface area contributed by atoms with Crippen LogP contribution in [-0.2, 0) is 6.42 Å². The first-order valence-electron chi connectivity index (χ1n) is 6.52. The lowest BCUT2D eigenvalue weighted by atomic mass is 10.2. The highest BCUT2D eigenvalue weighted by molar-refractivity contribution is 9.11. The number of benzene rings is 1. The van der Waals surface area contributed by atoms with Gasteiger partial charge in [-0.3, -0.25) is 4.79 Å². The quantitative estimate of drug-likeness (QED) is 0.620. The van der Waals surface area contributed by atoms with E-state index >= 15 is 0 Å². The molecule has 0 unspecified atom stereocenters. The van der Waals surface area contributed by atoms with E-state index in [0.717, 1.165) is 21.1 Å². The van der Waals surface area contributed by atoms with Crippen LogP contribution in [-0.4, -0.2) is 17.4 Å². The van der Waals surface area contributed by atoms with Crippen LogP contribution in [0.2, 0.25) is 0 Å². The Morgan fingerprint density at radius 3 is 2.90 bits per heavy atom. The van der Waals surface area contributed by atoms with Gasteiger partial charge in [0.15, 0.2) is 0 Å². The summed E-state index contributed by atoms with van der Waals surface area (Å²) in [5.74, 6) is -0.0969. The van der Waals surface area contributed by atoms with Gasteiger partial charge >= 0.3 is 0 Å². The van der Waals surface area contributed by atoms with Crippen LogP contribution in [0.5, 0.6) is 0 Å². The summed E-state index contributed by atoms with van der Waals surface area (Å²) in [5.41, 5.74) is 7.90. The fourth-order valence-electron chi connectivity index (χ4n) is 2.15. The first-order valence-corrected chi connectivity index (χ1v) is 8.13. The number of rotatable bonds is 4. The van der Waals surface area contributed by atoms with Gasteiger partial charge in [-0.05, 0) is 58.7 Å². The number of hydrogen-bond acceptors (Lipinski definition) is 3. The third-order valence-corrected chi connectivity index (χ3v) is 4.86. The molecule has 0 spiro atoms. The largest absolute Gasteiger partial charge is 0.399 e. The minimum absolute atomic E-state index is 0.0969. The van der Waals surface area contributed by atoms with Crippen molar-refractivity contribution >= 4 is 49.8 Å². The lowest BCUT2D eigenvalue weighted by Crippen LogP contribution is -2.25. The molecule has 4 N–H and O–H groups in total. The van der Waals surface area contributed by atoms with Crippen molar-refractivity contribution in [3.05, 3.63) is 50.8 Å². The van der Waals surface area contributed by atoms with Crippen LogP contribution in [0, 0.1) is 0 Å². The fraction of sp³-hybridized carbons (Fsp3) is 0.133. The minimum atomic E-state index is -0.0969. The second-order valence-corrected chi connectivity index (χ2v) is 7.29. The van der Waals surface area contributed by atoms with Gasteiger partial charge in [0.25, 0.3) is 5.91 Å². The van der Waals surface area contributed by atoms with Crippen molar-refractivity contribution < 1.29 is 4.79 Å². The van der Waals surface area contributed by atoms with Crippen LogP contribution in [0.25, 0.3) is 10.9 Å². The average Bonchev–Trinajstić information content (AvgIpc) is 3.04. The zero-order valence-corrected chi connectivity index (χ0v) is 13.6. The Balaban J connectivity index is 1.63. The Labute approximate surface area is 134 Å². The molecule has 2 aromatic heterocycles. The van der Waals surface area contributed by atoms with Gasteiger partial charge < -0.3 is 16.0 Å². The van der Waals surface area contributed by atoms with Crippen LogP contribution in [0.15, 0.2) is 40.2 Å². The lowest BCUT2D eigenvalue weighted by Gasteiger charge is -2.02. The van der Waals surface area contributed by atoms with E-state index in [4.69, 9.17) is 5.73 Å². The predicted molar refractivity (Wildman–Crippen MR) is 90.8 cm³/mol. The molecule has 3 rings (SSSR count). The monoisotopic (exact) mass is 363 g/mol. The maximum Gasteiger partial charge on any atom is 0.267 e. The second kappa shape index (κ2) is 5.91. The number of nitrogen functional groups attached to an aromatic ring is 1. The maximum absolute atomic E-state index is 12.1. The zero-order valence-electron chi connectivity index (χ0n) is 11.2. The fourth-order valence-corrected chi connectivity index (χ4v) is 3.64. The molecular formula is C15H14BrN3OS. The molecule has 0 saturated heterocycles. The van der Waals surface area contributed by atoms with Crippen molar-refractivity contribution in [1.29, 1.82) is 0 Å². The number of aromatic nitrogens is 1. The molecule has 0 atom stereocenters. The van der Waals surface area contributed by atoms with E-state index in [2.05, 4.69) is 32.3 Å². The number of thiophene rings is 1. The first-order chi connectivity index (χ1) is 10.1. The number of carbonyl (C=O) groups is 1. The summed E-state index contributed by atoms with van der Waals surface area (Å²) in [7, 11) is 0. The van der Waals surface area contributed by atoms with Gasteiger partial charge in [-0.15, -0.1) is 11.3 Å². The normalized spacial score (nSPS) is 10.9. The average molecular weight is 364 g/mol. The zero-order chi connectivity index (χ0) is 14.8. The van der Waals surface area contributed by atoms with Gasteiger partial charge in [0.1, 0.15) is 5.69 Å². The third kappa shape index (κ3) is 3.28. The summed E-state index contributed by atoms with van der Waals surface area (Å²) in [6.07, 6.45) is 0.829. The number of aromatic amines is 1. The molecule has 0 aliphatic heterocycles. The van der Waals surface area contributed by atoms with Crippen LogP contribution in [0.1, 0.15) is 15.4 Å². The lowest BCUT2D eigenvalue weighted by molar-refractivity contribution is 0.0950. The van der Waals surface area contributed by atoms with E-state index in [-0.39, 0.29) is 5.91 Å². The molecule has 2 heterocycles. The van der Waals surface area contributed by atoms with Gasteiger partial charge in [-0.1, -0.05) is 0 Å². The summed E-state index contributed by atoms with van der Waals surface area (Å²) < 4.78 is 1.11. The molecule has 1 amide bonds. The Hall–Kier alpha value is -1.79. The summed E-state index contributed by atoms with van der Waals surface area (Å²) in [6.45, 7) is 0.614. The molecule has 0 aliphatic carbocycles. The molecule has 0 saturated carbocycles. The highest BCUT2D eigenvalue weighted by Gasteiger charge is 2.09. The summed E-state index contributed by atoms with van der Waals surface area (Å²) in [6, 6.07) is 11.4. The summed E-state index contributed by atoms with van der Waals surface area (Å²) >= 11 is 5.12. The standard InChI is InChI=1S/C15H14BrN3OS/c16-14-4-2-11(21-14)5-6-18-15(20)13-8-9-7-10(17)1-3-12(9)19-13/h1-4,7-8,19H,5-6,17H2,(H,18,20). The van der Waals surface area contributed by atoms with Crippen LogP contribution < -0.4 is 11.1 Å². The van der Waals surface area contributed by atoms with E-state index in [0.29, 0.717) is 17.9 Å². The van der Waals surface area contributed by atoms with Crippen molar-refractivity contribution in [3.8, 4) is 0 Å². The van der Waals surface area contributed by atoms with Gasteiger partial charge in [0.2, 0.25) is 0 Å². The number of fused-ring (bicyclic) bond motifs is 1. The Bertz CT molecular complexity index is 793. The maximum atomic E-state index is 12.1. The number of amides is 1. The number of anilines is 1. The van der Waals surface area contributed by atoms with Crippen LogP contribution in [0.3, 0.4) is 0 Å². The van der Waals surface area contributed by atoms with Crippen molar-refractivity contribution in [2.45, 2.75) is 6.42 Å². The van der Waals surface area contributed by atoms with E-state index in [1.807, 2.05) is 30.3 Å². The second-order valence-electron chi connectivity index (χ2n) is 4.74. The van der Waals surface area contributed by atoms with Gasteiger partial charge in [0, 0.05) is 28.0 Å². The Kier molecular flexibility index (Phi) is 3.98. The molecule has 21 heavy (non-hydrogen) atoms. The number of nitrogens with one attached hydrogen (secondary N) is 2. The first kappa shape index (κ1) is 14.2. The molecule has 108 valence electrons. The number of hydrogen-bond donors (Lipinski definition) is 3. The van der Waals surface area contributed by atoms with Gasteiger partial charge in [-0.25, -0.2) is 0 Å². The Morgan fingerprint density at radius 1 is 1.29 bits per heavy atom. The molecule has 0 aliphatic rings. The molecule has 6 heteroatoms. The third-order valence-electron chi connectivity index (χ3n) is 3.18. The molecule has 0 bridgehead atoms. The number of carbonyl (C=O) groups excluding carboxylic acids is 1. The SMILES string of the molecule is Nc1ccc2[nH]c(C(=O)NCCc3ccc(Br)s3)cc2c1. The number of nitrogens with two attached hydrogens (primary N) is 1. The summed E-state index contributed by atoms with van der Waals surface area (Å²) in [5, 5.41) is 3.87. The van der Waals surface area contributed by atoms with Crippen molar-refractivity contribution in [2.75, 3.05) is 12.3 Å². The topological polar surface area (TPSA) is 70.9 Å². The van der Waals surface area contributed by atoms with Gasteiger partial charge in [0.05, 0.1) is 3.79 Å². The molecular weight excluding hydrogens is 350 g/mol. The highest BCUT2D eigenvalue weighted by atomic mass is 79.9. The number of H-pyrrole nitrogens is 1. The predicted octanol–water partition coefficient (Wildman–Crippen LogP) is 3.55. The molecule has 0 fully saturated rings. The molecule has 0 radical (unpaired) electrons. The Morgan fingerprint density at radius 2 is 2.14 bits per heavy atom. The molecule has 1 aromatic carbocycles. The van der Waals surface area contributed by atoms with E-state index in [9.17, 15) is 4.79 Å². The van der Waals surface area contributed by atoms with Crippen molar-refractivity contribution in [1.82, 2.24) is 10.3 Å².